The summed E-state index contributed by atoms with van der Waals surface area (Å²) in [4.78, 5) is 16.3. The van der Waals surface area contributed by atoms with Crippen LogP contribution in [0.3, 0.4) is 0 Å². The molecule has 1 aromatic heterocycles. The van der Waals surface area contributed by atoms with Gasteiger partial charge in [0.15, 0.2) is 0 Å². The Morgan fingerprint density at radius 1 is 1.21 bits per heavy atom. The summed E-state index contributed by atoms with van der Waals surface area (Å²) in [6, 6.07) is -0.169. The van der Waals surface area contributed by atoms with Crippen molar-refractivity contribution in [2.75, 3.05) is 0 Å². The third kappa shape index (κ3) is 2.94. The van der Waals surface area contributed by atoms with Crippen LogP contribution in [0.25, 0.3) is 0 Å². The van der Waals surface area contributed by atoms with Crippen LogP contribution in [0, 0.1) is 0 Å². The van der Waals surface area contributed by atoms with Gasteiger partial charge in [-0.15, -0.1) is 5.10 Å². The number of hydrogen-bond acceptors (Lipinski definition) is 4. The summed E-state index contributed by atoms with van der Waals surface area (Å²) < 4.78 is 0. The summed E-state index contributed by atoms with van der Waals surface area (Å²) in [5, 5.41) is 19.6. The molecule has 0 aliphatic heterocycles. The van der Waals surface area contributed by atoms with Crippen LogP contribution >= 0.6 is 0 Å². The van der Waals surface area contributed by atoms with Crippen LogP contribution < -0.4 is 5.32 Å². The Morgan fingerprint density at radius 3 is 2.79 bits per heavy atom. The zero-order valence-corrected chi connectivity index (χ0v) is 10.9. The first-order valence-electron chi connectivity index (χ1n) is 7.15. The average Bonchev–Trinajstić information content (AvgIpc) is 3.17. The first-order chi connectivity index (χ1) is 9.24. The smallest absolute Gasteiger partial charge is 0.291 e. The zero-order valence-electron chi connectivity index (χ0n) is 10.9. The number of aliphatic hydroxyl groups excluding tert-OH is 1. The molecule has 0 radical (unpaired) electrons. The highest BCUT2D eigenvalue weighted by Crippen LogP contribution is 2.37. The van der Waals surface area contributed by atoms with Crippen LogP contribution in [-0.4, -0.2) is 38.3 Å². The third-order valence-corrected chi connectivity index (χ3v) is 3.97. The van der Waals surface area contributed by atoms with Crippen LogP contribution in [0.4, 0.5) is 0 Å². The van der Waals surface area contributed by atoms with E-state index in [0.29, 0.717) is 5.92 Å². The van der Waals surface area contributed by atoms with E-state index in [1.807, 2.05) is 0 Å². The molecule has 1 aromatic rings. The fourth-order valence-electron chi connectivity index (χ4n) is 2.60. The summed E-state index contributed by atoms with van der Waals surface area (Å²) in [7, 11) is 0. The molecule has 0 spiro atoms. The van der Waals surface area contributed by atoms with E-state index in [1.165, 1.54) is 0 Å². The van der Waals surface area contributed by atoms with Crippen molar-refractivity contribution in [1.82, 2.24) is 20.5 Å². The molecule has 2 fully saturated rings. The molecule has 3 rings (SSSR count). The van der Waals surface area contributed by atoms with Crippen molar-refractivity contribution in [2.24, 2.45) is 0 Å². The number of nitrogens with one attached hydrogen (secondary N) is 2. The van der Waals surface area contributed by atoms with Gasteiger partial charge < -0.3 is 10.4 Å². The van der Waals surface area contributed by atoms with Gasteiger partial charge in [0.05, 0.1) is 12.1 Å². The second-order valence-corrected chi connectivity index (χ2v) is 5.60. The summed E-state index contributed by atoms with van der Waals surface area (Å²) in [6.07, 6.45) is 6.57. The quantitative estimate of drug-likeness (QED) is 0.713. The van der Waals surface area contributed by atoms with Gasteiger partial charge >= 0.3 is 0 Å². The van der Waals surface area contributed by atoms with Gasteiger partial charge in [-0.2, -0.15) is 0 Å². The number of aliphatic hydroxyl groups is 1. The lowest BCUT2D eigenvalue weighted by atomic mass is 10.1. The van der Waals surface area contributed by atoms with Gasteiger partial charge in [-0.3, -0.25) is 9.89 Å². The summed E-state index contributed by atoms with van der Waals surface area (Å²) in [5.41, 5.74) is 0. The van der Waals surface area contributed by atoms with E-state index in [9.17, 15) is 9.90 Å². The van der Waals surface area contributed by atoms with E-state index >= 15 is 0 Å². The summed E-state index contributed by atoms with van der Waals surface area (Å²) >= 11 is 0. The van der Waals surface area contributed by atoms with Crippen LogP contribution in [-0.2, 0) is 0 Å². The normalized spacial score (nSPS) is 27.8. The fraction of sp³-hybridized carbons (Fsp3) is 0.769. The van der Waals surface area contributed by atoms with E-state index < -0.39 is 6.10 Å². The lowest BCUT2D eigenvalue weighted by Crippen LogP contribution is -2.43. The number of aromatic nitrogens is 3. The van der Waals surface area contributed by atoms with E-state index in [-0.39, 0.29) is 17.8 Å². The molecule has 0 aromatic carbocycles. The molecule has 2 atom stereocenters. The first-order valence-corrected chi connectivity index (χ1v) is 7.15. The molecule has 19 heavy (non-hydrogen) atoms. The maximum Gasteiger partial charge on any atom is 0.291 e. The van der Waals surface area contributed by atoms with Crippen molar-refractivity contribution in [2.45, 2.75) is 63.0 Å². The molecule has 2 aliphatic carbocycles. The molecule has 6 nitrogen and oxygen atoms in total. The lowest BCUT2D eigenvalue weighted by Gasteiger charge is -2.20. The van der Waals surface area contributed by atoms with Gasteiger partial charge in [0.1, 0.15) is 5.82 Å². The standard InChI is InChI=1S/C13H20N4O2/c18-10-5-3-1-2-4-9(10)14-13(19)12-15-11(16-17-12)8-6-7-8/h8-10,18H,1-7H2,(H,14,19)(H,15,16,17). The monoisotopic (exact) mass is 264 g/mol. The van der Waals surface area contributed by atoms with Crippen molar-refractivity contribution < 1.29 is 9.90 Å². The van der Waals surface area contributed by atoms with E-state index in [4.69, 9.17) is 0 Å². The maximum atomic E-state index is 12.1. The second kappa shape index (κ2) is 5.28. The molecular formula is C13H20N4O2. The number of nitrogens with zero attached hydrogens (tertiary/aromatic N) is 2. The zero-order chi connectivity index (χ0) is 13.2. The van der Waals surface area contributed by atoms with Crippen molar-refractivity contribution in [3.05, 3.63) is 11.6 Å². The Balaban J connectivity index is 1.62. The molecule has 0 saturated heterocycles. The highest BCUT2D eigenvalue weighted by atomic mass is 16.3. The fourth-order valence-corrected chi connectivity index (χ4v) is 2.60. The minimum Gasteiger partial charge on any atom is -0.391 e. The number of H-pyrrole nitrogens is 1. The highest BCUT2D eigenvalue weighted by Gasteiger charge is 2.29. The Hall–Kier alpha value is -1.43. The average molecular weight is 264 g/mol. The summed E-state index contributed by atoms with van der Waals surface area (Å²) in [6.45, 7) is 0. The van der Waals surface area contributed by atoms with Gasteiger partial charge in [0, 0.05) is 5.92 Å². The molecule has 0 bridgehead atoms. The third-order valence-electron chi connectivity index (χ3n) is 3.97. The minimum atomic E-state index is -0.451. The van der Waals surface area contributed by atoms with Crippen LogP contribution in [0.5, 0.6) is 0 Å². The number of carbonyl (C=O) groups excluding carboxylic acids is 1. The number of carbonyl (C=O) groups is 1. The van der Waals surface area contributed by atoms with Gasteiger partial charge in [-0.1, -0.05) is 19.3 Å². The number of amides is 1. The van der Waals surface area contributed by atoms with Crippen LogP contribution in [0.2, 0.25) is 0 Å². The molecular weight excluding hydrogens is 244 g/mol. The Morgan fingerprint density at radius 2 is 2.00 bits per heavy atom. The van der Waals surface area contributed by atoms with Crippen LogP contribution in [0.1, 0.15) is 67.3 Å². The predicted molar refractivity (Wildman–Crippen MR) is 68.7 cm³/mol. The maximum absolute atomic E-state index is 12.1. The minimum absolute atomic E-state index is 0.169. The Bertz CT molecular complexity index is 455. The largest absolute Gasteiger partial charge is 0.391 e. The van der Waals surface area contributed by atoms with Crippen molar-refractivity contribution in [3.63, 3.8) is 0 Å². The predicted octanol–water partition coefficient (Wildman–Crippen LogP) is 1.11. The topological polar surface area (TPSA) is 90.9 Å². The molecule has 3 N–H and O–H groups in total. The molecule has 104 valence electrons. The molecule has 2 aliphatic rings. The van der Waals surface area contributed by atoms with Crippen molar-refractivity contribution in [1.29, 1.82) is 0 Å². The van der Waals surface area contributed by atoms with Gasteiger partial charge in [0.2, 0.25) is 5.82 Å². The van der Waals surface area contributed by atoms with E-state index in [1.54, 1.807) is 0 Å². The van der Waals surface area contributed by atoms with Crippen LogP contribution in [0.15, 0.2) is 0 Å². The molecule has 1 heterocycles. The second-order valence-electron chi connectivity index (χ2n) is 5.60. The van der Waals surface area contributed by atoms with Crippen molar-refractivity contribution >= 4 is 5.91 Å². The lowest BCUT2D eigenvalue weighted by molar-refractivity contribution is 0.0810. The van der Waals surface area contributed by atoms with Gasteiger partial charge in [-0.05, 0) is 25.7 Å². The molecule has 1 amide bonds. The number of aromatic amines is 1. The SMILES string of the molecule is O=C(NC1CCCCCC1O)c1n[nH]c(C2CC2)n1. The Kier molecular flexibility index (Phi) is 3.50. The molecule has 6 heteroatoms. The van der Waals surface area contributed by atoms with Crippen molar-refractivity contribution in [3.8, 4) is 0 Å². The number of rotatable bonds is 3. The van der Waals surface area contributed by atoms with Gasteiger partial charge in [0.25, 0.3) is 5.91 Å². The van der Waals surface area contributed by atoms with E-state index in [2.05, 4.69) is 20.5 Å². The summed E-state index contributed by atoms with van der Waals surface area (Å²) in [5.74, 6) is 1.18. The van der Waals surface area contributed by atoms with Gasteiger partial charge in [-0.25, -0.2) is 4.98 Å². The molecule has 2 unspecified atom stereocenters. The number of hydrogen-bond donors (Lipinski definition) is 3. The highest BCUT2D eigenvalue weighted by molar-refractivity contribution is 5.90. The first kappa shape index (κ1) is 12.6. The molecule has 2 saturated carbocycles. The Labute approximate surface area is 112 Å². The van der Waals surface area contributed by atoms with E-state index in [0.717, 1.165) is 50.8 Å².